The van der Waals surface area contributed by atoms with Crippen molar-refractivity contribution in [2.24, 2.45) is 0 Å². The molecule has 21 heavy (non-hydrogen) atoms. The summed E-state index contributed by atoms with van der Waals surface area (Å²) in [6.07, 6.45) is 2.41. The first kappa shape index (κ1) is 14.4. The normalized spacial score (nSPS) is 22.6. The Labute approximate surface area is 123 Å². The highest BCUT2D eigenvalue weighted by atomic mass is 32.2. The second-order valence-electron chi connectivity index (χ2n) is 5.44. The Morgan fingerprint density at radius 3 is 2.48 bits per heavy atom. The zero-order valence-electron chi connectivity index (χ0n) is 11.4. The van der Waals surface area contributed by atoms with E-state index in [9.17, 15) is 18.5 Å². The number of hydrogen-bond acceptors (Lipinski definition) is 5. The summed E-state index contributed by atoms with van der Waals surface area (Å²) in [4.78, 5) is 10.3. The minimum Gasteiger partial charge on any atom is -0.315 e. The fourth-order valence-corrected chi connectivity index (χ4v) is 4.88. The van der Waals surface area contributed by atoms with Gasteiger partial charge in [0.25, 0.3) is 5.69 Å². The van der Waals surface area contributed by atoms with Gasteiger partial charge in [0.1, 0.15) is 0 Å². The largest absolute Gasteiger partial charge is 0.315 e. The van der Waals surface area contributed by atoms with Crippen molar-refractivity contribution in [1.29, 1.82) is 0 Å². The number of rotatable bonds is 5. The first-order valence-electron chi connectivity index (χ1n) is 6.99. The molecule has 3 rings (SSSR count). The summed E-state index contributed by atoms with van der Waals surface area (Å²) in [6, 6.07) is 5.45. The lowest BCUT2D eigenvalue weighted by atomic mass is 10.2. The number of nitrogens with zero attached hydrogens (tertiary/aromatic N) is 2. The van der Waals surface area contributed by atoms with E-state index in [2.05, 4.69) is 5.32 Å². The number of para-hydroxylation sites is 1. The van der Waals surface area contributed by atoms with Gasteiger partial charge in [0.15, 0.2) is 4.90 Å². The van der Waals surface area contributed by atoms with Crippen LogP contribution in [0.25, 0.3) is 0 Å². The van der Waals surface area contributed by atoms with Gasteiger partial charge >= 0.3 is 0 Å². The average molecular weight is 311 g/mol. The maximum atomic E-state index is 12.9. The van der Waals surface area contributed by atoms with Gasteiger partial charge in [-0.3, -0.25) is 10.1 Å². The number of nitro groups is 1. The molecule has 0 aromatic heterocycles. The van der Waals surface area contributed by atoms with Crippen LogP contribution in [0, 0.1) is 10.1 Å². The third-order valence-electron chi connectivity index (χ3n) is 3.92. The van der Waals surface area contributed by atoms with Crippen molar-refractivity contribution in [3.05, 3.63) is 34.4 Å². The molecular formula is C13H17N3O4S. The summed E-state index contributed by atoms with van der Waals surface area (Å²) in [6.45, 7) is 1.39. The van der Waals surface area contributed by atoms with Crippen LogP contribution in [0.3, 0.4) is 0 Å². The van der Waals surface area contributed by atoms with Crippen molar-refractivity contribution in [3.8, 4) is 0 Å². The lowest BCUT2D eigenvalue weighted by Gasteiger charge is -2.27. The van der Waals surface area contributed by atoms with E-state index in [0.717, 1.165) is 25.8 Å². The van der Waals surface area contributed by atoms with E-state index in [1.165, 1.54) is 28.6 Å². The SMILES string of the molecule is O=[N+]([O-])c1ccccc1S(=O)(=O)N(C1CC1)C1CCNC1. The van der Waals surface area contributed by atoms with Crippen LogP contribution >= 0.6 is 0 Å². The van der Waals surface area contributed by atoms with Crippen molar-refractivity contribution in [3.63, 3.8) is 0 Å². The maximum Gasteiger partial charge on any atom is 0.289 e. The first-order valence-corrected chi connectivity index (χ1v) is 8.43. The summed E-state index contributed by atoms with van der Waals surface area (Å²) in [7, 11) is -3.85. The molecule has 2 fully saturated rings. The minimum absolute atomic E-state index is 0.0142. The molecule has 0 radical (unpaired) electrons. The van der Waals surface area contributed by atoms with Crippen LogP contribution in [-0.4, -0.2) is 42.8 Å². The van der Waals surface area contributed by atoms with Crippen molar-refractivity contribution < 1.29 is 13.3 Å². The highest BCUT2D eigenvalue weighted by Gasteiger charge is 2.45. The van der Waals surface area contributed by atoms with Gasteiger partial charge in [0.2, 0.25) is 10.0 Å². The molecule has 0 spiro atoms. The molecule has 114 valence electrons. The topological polar surface area (TPSA) is 92.5 Å². The van der Waals surface area contributed by atoms with Gasteiger partial charge in [-0.1, -0.05) is 12.1 Å². The van der Waals surface area contributed by atoms with Crippen molar-refractivity contribution in [2.45, 2.75) is 36.2 Å². The third-order valence-corrected chi connectivity index (χ3v) is 5.97. The fraction of sp³-hybridized carbons (Fsp3) is 0.538. The molecular weight excluding hydrogens is 294 g/mol. The second kappa shape index (κ2) is 5.36. The summed E-state index contributed by atoms with van der Waals surface area (Å²) >= 11 is 0. The molecule has 1 atom stereocenters. The number of benzene rings is 1. The predicted molar refractivity (Wildman–Crippen MR) is 76.4 cm³/mol. The summed E-state index contributed by atoms with van der Waals surface area (Å²) < 4.78 is 27.3. The highest BCUT2D eigenvalue weighted by molar-refractivity contribution is 7.89. The standard InChI is InChI=1S/C13H17N3O4S/c17-16(18)12-3-1-2-4-13(12)21(19,20)15(10-5-6-10)11-7-8-14-9-11/h1-4,10-11,14H,5-9H2. The quantitative estimate of drug-likeness (QED) is 0.649. The van der Waals surface area contributed by atoms with Crippen LogP contribution in [0.2, 0.25) is 0 Å². The lowest BCUT2D eigenvalue weighted by molar-refractivity contribution is -0.387. The maximum absolute atomic E-state index is 12.9. The van der Waals surface area contributed by atoms with Crippen LogP contribution in [0.4, 0.5) is 5.69 Å². The van der Waals surface area contributed by atoms with Gasteiger partial charge in [0, 0.05) is 24.7 Å². The molecule has 8 heteroatoms. The second-order valence-corrected chi connectivity index (χ2v) is 7.25. The Hall–Kier alpha value is -1.51. The number of sulfonamides is 1. The average Bonchev–Trinajstić information content (AvgIpc) is 3.13. The van der Waals surface area contributed by atoms with Crippen LogP contribution in [-0.2, 0) is 10.0 Å². The molecule has 0 amide bonds. The monoisotopic (exact) mass is 311 g/mol. The summed E-state index contributed by atoms with van der Waals surface area (Å²) in [5.74, 6) is 0. The Balaban J connectivity index is 2.04. The van der Waals surface area contributed by atoms with E-state index in [-0.39, 0.29) is 22.7 Å². The molecule has 1 aromatic rings. The molecule has 1 aliphatic carbocycles. The summed E-state index contributed by atoms with van der Waals surface area (Å²) in [5, 5.41) is 14.3. The van der Waals surface area contributed by atoms with E-state index in [1.54, 1.807) is 0 Å². The van der Waals surface area contributed by atoms with Gasteiger partial charge < -0.3 is 5.32 Å². The minimum atomic E-state index is -3.85. The van der Waals surface area contributed by atoms with E-state index in [4.69, 9.17) is 0 Å². The molecule has 1 unspecified atom stereocenters. The van der Waals surface area contributed by atoms with E-state index in [1.807, 2.05) is 0 Å². The van der Waals surface area contributed by atoms with E-state index < -0.39 is 14.9 Å². The Morgan fingerprint density at radius 2 is 1.90 bits per heavy atom. The van der Waals surface area contributed by atoms with Crippen molar-refractivity contribution >= 4 is 15.7 Å². The Bertz CT molecular complexity index is 651. The van der Waals surface area contributed by atoms with Gasteiger partial charge in [-0.15, -0.1) is 0 Å². The molecule has 7 nitrogen and oxygen atoms in total. The summed E-state index contributed by atoms with van der Waals surface area (Å²) in [5.41, 5.74) is -0.353. The lowest BCUT2D eigenvalue weighted by Crippen LogP contribution is -2.43. The van der Waals surface area contributed by atoms with Crippen LogP contribution in [0.1, 0.15) is 19.3 Å². The van der Waals surface area contributed by atoms with E-state index in [0.29, 0.717) is 6.54 Å². The van der Waals surface area contributed by atoms with Gasteiger partial charge in [-0.2, -0.15) is 4.31 Å². The molecule has 2 aliphatic rings. The molecule has 1 saturated carbocycles. The molecule has 1 saturated heterocycles. The molecule has 1 aromatic carbocycles. The Morgan fingerprint density at radius 1 is 1.19 bits per heavy atom. The predicted octanol–water partition coefficient (Wildman–Crippen LogP) is 1.11. The third kappa shape index (κ3) is 2.66. The highest BCUT2D eigenvalue weighted by Crippen LogP contribution is 2.37. The van der Waals surface area contributed by atoms with Crippen LogP contribution < -0.4 is 5.32 Å². The Kier molecular flexibility index (Phi) is 3.68. The van der Waals surface area contributed by atoms with Crippen molar-refractivity contribution in [2.75, 3.05) is 13.1 Å². The fourth-order valence-electron chi connectivity index (χ4n) is 2.82. The molecule has 1 aliphatic heterocycles. The van der Waals surface area contributed by atoms with E-state index >= 15 is 0 Å². The molecule has 1 heterocycles. The van der Waals surface area contributed by atoms with Crippen LogP contribution in [0.15, 0.2) is 29.2 Å². The number of hydrogen-bond donors (Lipinski definition) is 1. The smallest absolute Gasteiger partial charge is 0.289 e. The molecule has 0 bridgehead atoms. The zero-order valence-corrected chi connectivity index (χ0v) is 12.3. The number of nitro benzene ring substituents is 1. The molecule has 1 N–H and O–H groups in total. The van der Waals surface area contributed by atoms with Crippen molar-refractivity contribution in [1.82, 2.24) is 9.62 Å². The van der Waals surface area contributed by atoms with Gasteiger partial charge in [-0.05, 0) is 31.9 Å². The van der Waals surface area contributed by atoms with Crippen LogP contribution in [0.5, 0.6) is 0 Å². The van der Waals surface area contributed by atoms with Gasteiger partial charge in [-0.25, -0.2) is 8.42 Å². The zero-order chi connectivity index (χ0) is 15.0. The number of nitrogens with one attached hydrogen (secondary N) is 1. The van der Waals surface area contributed by atoms with Gasteiger partial charge in [0.05, 0.1) is 4.92 Å². The first-order chi connectivity index (χ1) is 10.0.